The fourth-order valence-corrected chi connectivity index (χ4v) is 4.98. The molecule has 4 rings (SSSR count). The molecule has 33 heavy (non-hydrogen) atoms. The van der Waals surface area contributed by atoms with Crippen LogP contribution in [0.2, 0.25) is 0 Å². The lowest BCUT2D eigenvalue weighted by atomic mass is 10.0. The first-order chi connectivity index (χ1) is 16.1. The molecule has 3 aromatic rings. The van der Waals surface area contributed by atoms with Gasteiger partial charge in [-0.05, 0) is 53.6 Å². The molecule has 1 unspecified atom stereocenters. The number of methoxy groups -OCH3 is 1. The molecule has 0 bridgehead atoms. The summed E-state index contributed by atoms with van der Waals surface area (Å²) in [4.78, 5) is 34.1. The first kappa shape index (κ1) is 23.0. The summed E-state index contributed by atoms with van der Waals surface area (Å²) in [6.07, 6.45) is 7.89. The van der Waals surface area contributed by atoms with Gasteiger partial charge in [-0.1, -0.05) is 37.1 Å². The summed E-state index contributed by atoms with van der Waals surface area (Å²) < 4.78 is 5.30. The number of hydrogen-bond acceptors (Lipinski definition) is 5. The van der Waals surface area contributed by atoms with E-state index in [9.17, 15) is 9.59 Å². The molecule has 0 aliphatic heterocycles. The van der Waals surface area contributed by atoms with Crippen molar-refractivity contribution in [1.29, 1.82) is 0 Å². The molecular formula is C26H29N3O3S. The Labute approximate surface area is 198 Å². The summed E-state index contributed by atoms with van der Waals surface area (Å²) in [5.41, 5.74) is 1.64. The normalized spacial score (nSPS) is 14.6. The van der Waals surface area contributed by atoms with Crippen molar-refractivity contribution in [2.45, 2.75) is 50.7 Å². The van der Waals surface area contributed by atoms with E-state index in [1.54, 1.807) is 35.7 Å². The maximum atomic E-state index is 13.6. The summed E-state index contributed by atoms with van der Waals surface area (Å²) in [6, 6.07) is 14.5. The van der Waals surface area contributed by atoms with Gasteiger partial charge in [0.05, 0.1) is 13.5 Å². The number of carbonyl (C=O) groups is 2. The highest BCUT2D eigenvalue weighted by atomic mass is 32.1. The quantitative estimate of drug-likeness (QED) is 0.506. The van der Waals surface area contributed by atoms with E-state index < -0.39 is 6.04 Å². The van der Waals surface area contributed by atoms with Crippen LogP contribution in [0.5, 0.6) is 5.75 Å². The van der Waals surface area contributed by atoms with Gasteiger partial charge in [0.25, 0.3) is 0 Å². The number of aromatic nitrogens is 1. The second kappa shape index (κ2) is 11.1. The molecule has 0 saturated heterocycles. The van der Waals surface area contributed by atoms with Gasteiger partial charge in [-0.25, -0.2) is 0 Å². The van der Waals surface area contributed by atoms with Gasteiger partial charge in [-0.3, -0.25) is 14.6 Å². The predicted octanol–water partition coefficient (Wildman–Crippen LogP) is 4.52. The summed E-state index contributed by atoms with van der Waals surface area (Å²) in [7, 11) is 1.61. The lowest BCUT2D eigenvalue weighted by molar-refractivity contribution is -0.141. The van der Waals surface area contributed by atoms with Crippen LogP contribution in [0.15, 0.2) is 66.3 Å². The maximum absolute atomic E-state index is 13.6. The van der Waals surface area contributed by atoms with Gasteiger partial charge in [0.1, 0.15) is 11.8 Å². The molecule has 0 spiro atoms. The van der Waals surface area contributed by atoms with Crippen LogP contribution >= 0.6 is 11.3 Å². The van der Waals surface area contributed by atoms with Gasteiger partial charge in [0, 0.05) is 29.9 Å². The fraction of sp³-hybridized carbons (Fsp3) is 0.346. The minimum absolute atomic E-state index is 0.0938. The molecule has 1 fully saturated rings. The van der Waals surface area contributed by atoms with E-state index in [0.29, 0.717) is 12.3 Å². The van der Waals surface area contributed by atoms with Crippen molar-refractivity contribution in [3.05, 3.63) is 82.3 Å². The third-order valence-electron chi connectivity index (χ3n) is 5.99. The molecule has 1 atom stereocenters. The van der Waals surface area contributed by atoms with Crippen LogP contribution in [0, 0.1) is 0 Å². The average Bonchev–Trinajstić information content (AvgIpc) is 3.54. The Kier molecular flexibility index (Phi) is 7.73. The second-order valence-corrected chi connectivity index (χ2v) is 9.34. The van der Waals surface area contributed by atoms with Crippen LogP contribution in [0.1, 0.15) is 47.7 Å². The van der Waals surface area contributed by atoms with Crippen LogP contribution in [-0.4, -0.2) is 34.8 Å². The van der Waals surface area contributed by atoms with Gasteiger partial charge in [-0.2, -0.15) is 0 Å². The Bertz CT molecular complexity index is 1030. The highest BCUT2D eigenvalue weighted by molar-refractivity contribution is 7.10. The summed E-state index contributed by atoms with van der Waals surface area (Å²) in [5, 5.41) is 5.17. The van der Waals surface area contributed by atoms with Gasteiger partial charge in [-0.15, -0.1) is 11.3 Å². The molecule has 1 aliphatic rings. The van der Waals surface area contributed by atoms with E-state index in [0.717, 1.165) is 41.7 Å². The number of thiophene rings is 1. The first-order valence-corrected chi connectivity index (χ1v) is 12.2. The van der Waals surface area contributed by atoms with Gasteiger partial charge in [0.2, 0.25) is 11.8 Å². The van der Waals surface area contributed by atoms with E-state index in [1.807, 2.05) is 53.9 Å². The number of nitrogens with zero attached hydrogens (tertiary/aromatic N) is 2. The van der Waals surface area contributed by atoms with Crippen LogP contribution in [0.3, 0.4) is 0 Å². The second-order valence-electron chi connectivity index (χ2n) is 8.30. The van der Waals surface area contributed by atoms with E-state index in [1.165, 1.54) is 0 Å². The smallest absolute Gasteiger partial charge is 0.247 e. The van der Waals surface area contributed by atoms with Crippen LogP contribution in [0.4, 0.5) is 0 Å². The number of amides is 2. The van der Waals surface area contributed by atoms with Crippen molar-refractivity contribution < 1.29 is 14.3 Å². The topological polar surface area (TPSA) is 71.5 Å². The molecule has 2 heterocycles. The molecule has 2 aromatic heterocycles. The van der Waals surface area contributed by atoms with Crippen LogP contribution < -0.4 is 10.1 Å². The van der Waals surface area contributed by atoms with E-state index in [-0.39, 0.29) is 24.3 Å². The van der Waals surface area contributed by atoms with E-state index in [4.69, 9.17) is 4.74 Å². The van der Waals surface area contributed by atoms with E-state index >= 15 is 0 Å². The Morgan fingerprint density at radius 2 is 1.94 bits per heavy atom. The lowest BCUT2D eigenvalue weighted by Gasteiger charge is -2.32. The van der Waals surface area contributed by atoms with Crippen molar-refractivity contribution in [1.82, 2.24) is 15.2 Å². The zero-order valence-corrected chi connectivity index (χ0v) is 19.6. The standard InChI is InChI=1S/C26H29N3O3S/c1-32-22-12-10-20(11-13-22)25(26(31)28-21-7-2-3-8-21)29(18-19-6-4-14-27-17-19)24(30)16-23-9-5-15-33-23/h4-6,9-15,17,21,25H,2-3,7-8,16,18H2,1H3,(H,28,31). The lowest BCUT2D eigenvalue weighted by Crippen LogP contribution is -2.46. The highest BCUT2D eigenvalue weighted by Crippen LogP contribution is 2.28. The Hall–Kier alpha value is -3.19. The zero-order chi connectivity index (χ0) is 23.0. The number of pyridine rings is 1. The average molecular weight is 464 g/mol. The molecule has 172 valence electrons. The molecule has 7 heteroatoms. The SMILES string of the molecule is COc1ccc(C(C(=O)NC2CCCC2)N(Cc2cccnc2)C(=O)Cc2cccs2)cc1. The number of ether oxygens (including phenoxy) is 1. The molecular weight excluding hydrogens is 434 g/mol. The highest BCUT2D eigenvalue weighted by Gasteiger charge is 2.33. The summed E-state index contributed by atoms with van der Waals surface area (Å²) in [6.45, 7) is 0.298. The van der Waals surface area contributed by atoms with Gasteiger partial charge < -0.3 is 15.0 Å². The number of benzene rings is 1. The predicted molar refractivity (Wildman–Crippen MR) is 129 cm³/mol. The number of carbonyl (C=O) groups excluding carboxylic acids is 2. The Morgan fingerprint density at radius 1 is 1.15 bits per heavy atom. The van der Waals surface area contributed by atoms with Crippen LogP contribution in [-0.2, 0) is 22.6 Å². The van der Waals surface area contributed by atoms with Crippen molar-refractivity contribution >= 4 is 23.2 Å². The molecule has 6 nitrogen and oxygen atoms in total. The van der Waals surface area contributed by atoms with Crippen molar-refractivity contribution in [2.24, 2.45) is 0 Å². The largest absolute Gasteiger partial charge is 0.497 e. The number of nitrogens with one attached hydrogen (secondary N) is 1. The van der Waals surface area contributed by atoms with Gasteiger partial charge in [0.15, 0.2) is 0 Å². The molecule has 1 saturated carbocycles. The molecule has 0 radical (unpaired) electrons. The maximum Gasteiger partial charge on any atom is 0.247 e. The summed E-state index contributed by atoms with van der Waals surface area (Å²) >= 11 is 1.55. The number of hydrogen-bond donors (Lipinski definition) is 1. The molecule has 2 amide bonds. The van der Waals surface area contributed by atoms with Crippen molar-refractivity contribution in [3.63, 3.8) is 0 Å². The van der Waals surface area contributed by atoms with Crippen molar-refractivity contribution in [3.8, 4) is 5.75 Å². The molecule has 1 aliphatic carbocycles. The van der Waals surface area contributed by atoms with E-state index in [2.05, 4.69) is 10.3 Å². The Morgan fingerprint density at radius 3 is 2.58 bits per heavy atom. The minimum atomic E-state index is -0.746. The first-order valence-electron chi connectivity index (χ1n) is 11.3. The van der Waals surface area contributed by atoms with Crippen molar-refractivity contribution in [2.75, 3.05) is 7.11 Å². The summed E-state index contributed by atoms with van der Waals surface area (Å²) in [5.74, 6) is 0.469. The molecule has 1 aromatic carbocycles. The molecule has 1 N–H and O–H groups in total. The third kappa shape index (κ3) is 5.99. The van der Waals surface area contributed by atoms with Gasteiger partial charge >= 0.3 is 0 Å². The fourth-order valence-electron chi connectivity index (χ4n) is 4.28. The minimum Gasteiger partial charge on any atom is -0.497 e. The van der Waals surface area contributed by atoms with Crippen LogP contribution in [0.25, 0.3) is 0 Å². The zero-order valence-electron chi connectivity index (χ0n) is 18.8. The monoisotopic (exact) mass is 463 g/mol. The third-order valence-corrected chi connectivity index (χ3v) is 6.87. The number of rotatable bonds is 9. The Balaban J connectivity index is 1.69.